The fourth-order valence-corrected chi connectivity index (χ4v) is 5.08. The van der Waals surface area contributed by atoms with Gasteiger partial charge in [0.15, 0.2) is 0 Å². The van der Waals surface area contributed by atoms with Crippen LogP contribution in [0.2, 0.25) is 0 Å². The van der Waals surface area contributed by atoms with Crippen LogP contribution in [0.25, 0.3) is 0 Å². The molecular weight excluding hydrogens is 398 g/mol. The molecule has 0 spiro atoms. The minimum Gasteiger partial charge on any atom is -0.369 e. The first-order valence-electron chi connectivity index (χ1n) is 11.0. The maximum atomic E-state index is 13.0. The predicted molar refractivity (Wildman–Crippen MR) is 113 cm³/mol. The first-order valence-corrected chi connectivity index (χ1v) is 11.0. The van der Waals surface area contributed by atoms with Gasteiger partial charge in [-0.2, -0.15) is 0 Å². The van der Waals surface area contributed by atoms with E-state index in [2.05, 4.69) is 20.4 Å². The maximum absolute atomic E-state index is 13.0. The first kappa shape index (κ1) is 20.1. The summed E-state index contributed by atoms with van der Waals surface area (Å²) in [5.74, 6) is -1.14. The monoisotopic (exact) mass is 425 g/mol. The van der Waals surface area contributed by atoms with Gasteiger partial charge in [-0.25, -0.2) is 0 Å². The summed E-state index contributed by atoms with van der Waals surface area (Å²) < 4.78 is 0. The number of imide groups is 2. The number of rotatable bonds is 4. The summed E-state index contributed by atoms with van der Waals surface area (Å²) in [7, 11) is 0. The molecule has 1 aromatic carbocycles. The van der Waals surface area contributed by atoms with E-state index in [4.69, 9.17) is 0 Å². The number of carbonyl (C=O) groups is 4. The summed E-state index contributed by atoms with van der Waals surface area (Å²) in [6, 6.07) is 4.42. The predicted octanol–water partition coefficient (Wildman–Crippen LogP) is -0.181. The van der Waals surface area contributed by atoms with Gasteiger partial charge in [0.2, 0.25) is 11.8 Å². The molecule has 9 nitrogen and oxygen atoms in total. The van der Waals surface area contributed by atoms with Crippen LogP contribution in [-0.4, -0.2) is 85.3 Å². The number of fused-ring (bicyclic) bond motifs is 1. The second kappa shape index (κ2) is 8.05. The molecule has 4 aliphatic heterocycles. The van der Waals surface area contributed by atoms with Crippen LogP contribution in [0.5, 0.6) is 0 Å². The Labute approximate surface area is 180 Å². The Morgan fingerprint density at radius 1 is 0.935 bits per heavy atom. The molecule has 2 N–H and O–H groups in total. The highest BCUT2D eigenvalue weighted by Crippen LogP contribution is 2.31. The average Bonchev–Trinajstić information content (AvgIpc) is 3.36. The van der Waals surface area contributed by atoms with Crippen LogP contribution in [0.15, 0.2) is 18.2 Å². The van der Waals surface area contributed by atoms with E-state index in [0.717, 1.165) is 62.3 Å². The molecule has 4 aliphatic rings. The fourth-order valence-electron chi connectivity index (χ4n) is 5.08. The number of carbonyl (C=O) groups excluding carboxylic acids is 4. The SMILES string of the molecule is O=C1CCC(N2C(=O)c3ccc(N4CCN(C[C@@H]5CCNC5)CC4)cc3C2=O)C(=O)N1. The molecule has 5 rings (SSSR count). The van der Waals surface area contributed by atoms with Crippen LogP contribution in [0.4, 0.5) is 5.69 Å². The quantitative estimate of drug-likeness (QED) is 0.645. The molecule has 4 heterocycles. The van der Waals surface area contributed by atoms with Crippen molar-refractivity contribution in [1.82, 2.24) is 20.4 Å². The Kier molecular flexibility index (Phi) is 5.23. The molecule has 0 aliphatic carbocycles. The molecule has 0 bridgehead atoms. The normalized spacial score (nSPS) is 27.1. The summed E-state index contributed by atoms with van der Waals surface area (Å²) in [6.07, 6.45) is 1.53. The number of hydrogen-bond donors (Lipinski definition) is 2. The lowest BCUT2D eigenvalue weighted by atomic mass is 10.0. The van der Waals surface area contributed by atoms with Gasteiger partial charge in [0, 0.05) is 44.8 Å². The number of piperidine rings is 1. The van der Waals surface area contributed by atoms with Crippen LogP contribution in [0.1, 0.15) is 40.0 Å². The zero-order valence-corrected chi connectivity index (χ0v) is 17.4. The Balaban J connectivity index is 1.27. The minimum absolute atomic E-state index is 0.121. The van der Waals surface area contributed by atoms with Gasteiger partial charge in [0.25, 0.3) is 11.8 Å². The maximum Gasteiger partial charge on any atom is 0.262 e. The van der Waals surface area contributed by atoms with Gasteiger partial charge in [-0.15, -0.1) is 0 Å². The van der Waals surface area contributed by atoms with Crippen molar-refractivity contribution in [1.29, 1.82) is 0 Å². The Morgan fingerprint density at radius 2 is 1.71 bits per heavy atom. The van der Waals surface area contributed by atoms with Gasteiger partial charge < -0.3 is 10.2 Å². The van der Waals surface area contributed by atoms with Crippen LogP contribution in [0.3, 0.4) is 0 Å². The van der Waals surface area contributed by atoms with Gasteiger partial charge >= 0.3 is 0 Å². The molecule has 0 aromatic heterocycles. The number of piperazine rings is 1. The summed E-state index contributed by atoms with van der Waals surface area (Å²) in [5.41, 5.74) is 1.59. The highest BCUT2D eigenvalue weighted by molar-refractivity contribution is 6.23. The number of nitrogens with zero attached hydrogens (tertiary/aromatic N) is 3. The van der Waals surface area contributed by atoms with Crippen molar-refractivity contribution in [2.75, 3.05) is 50.7 Å². The van der Waals surface area contributed by atoms with Gasteiger partial charge in [-0.3, -0.25) is 34.3 Å². The van der Waals surface area contributed by atoms with Crippen molar-refractivity contribution in [2.24, 2.45) is 5.92 Å². The zero-order valence-electron chi connectivity index (χ0n) is 17.4. The lowest BCUT2D eigenvalue weighted by molar-refractivity contribution is -0.136. The molecule has 164 valence electrons. The number of anilines is 1. The molecular formula is C22H27N5O4. The molecule has 2 atom stereocenters. The Bertz CT molecular complexity index is 934. The molecule has 3 saturated heterocycles. The third-order valence-corrected chi connectivity index (χ3v) is 6.84. The van der Waals surface area contributed by atoms with Crippen LogP contribution >= 0.6 is 0 Å². The van der Waals surface area contributed by atoms with E-state index in [1.807, 2.05) is 6.07 Å². The molecule has 0 radical (unpaired) electrons. The van der Waals surface area contributed by atoms with Crippen LogP contribution in [-0.2, 0) is 9.59 Å². The lowest BCUT2D eigenvalue weighted by Crippen LogP contribution is -2.54. The van der Waals surface area contributed by atoms with Crippen LogP contribution in [0, 0.1) is 5.92 Å². The van der Waals surface area contributed by atoms with Gasteiger partial charge in [-0.05, 0) is 50.0 Å². The Hall–Kier alpha value is -2.78. The largest absolute Gasteiger partial charge is 0.369 e. The van der Waals surface area contributed by atoms with Crippen molar-refractivity contribution in [3.8, 4) is 0 Å². The van der Waals surface area contributed by atoms with Gasteiger partial charge in [0.05, 0.1) is 11.1 Å². The van der Waals surface area contributed by atoms with E-state index in [1.165, 1.54) is 6.42 Å². The molecule has 1 unspecified atom stereocenters. The van der Waals surface area contributed by atoms with E-state index in [0.29, 0.717) is 11.1 Å². The summed E-state index contributed by atoms with van der Waals surface area (Å²) >= 11 is 0. The average molecular weight is 425 g/mol. The lowest BCUT2D eigenvalue weighted by Gasteiger charge is -2.37. The van der Waals surface area contributed by atoms with Crippen LogP contribution < -0.4 is 15.5 Å². The number of hydrogen-bond acceptors (Lipinski definition) is 7. The second-order valence-electron chi connectivity index (χ2n) is 8.82. The highest BCUT2D eigenvalue weighted by atomic mass is 16.2. The molecule has 0 saturated carbocycles. The molecule has 4 amide bonds. The molecule has 31 heavy (non-hydrogen) atoms. The minimum atomic E-state index is -0.929. The summed E-state index contributed by atoms with van der Waals surface area (Å²) in [6.45, 7) is 7.04. The first-order chi connectivity index (χ1) is 15.0. The van der Waals surface area contributed by atoms with Crippen molar-refractivity contribution in [3.05, 3.63) is 29.3 Å². The highest BCUT2D eigenvalue weighted by Gasteiger charge is 2.44. The third kappa shape index (κ3) is 3.72. The summed E-state index contributed by atoms with van der Waals surface area (Å²) in [5, 5.41) is 5.64. The van der Waals surface area contributed by atoms with Crippen molar-refractivity contribution >= 4 is 29.3 Å². The Morgan fingerprint density at radius 3 is 2.42 bits per heavy atom. The molecule has 3 fully saturated rings. The van der Waals surface area contributed by atoms with Crippen molar-refractivity contribution in [2.45, 2.75) is 25.3 Å². The van der Waals surface area contributed by atoms with E-state index >= 15 is 0 Å². The van der Waals surface area contributed by atoms with Gasteiger partial charge in [-0.1, -0.05) is 0 Å². The van der Waals surface area contributed by atoms with E-state index in [1.54, 1.807) is 12.1 Å². The molecule has 9 heteroatoms. The molecule has 1 aromatic rings. The third-order valence-electron chi connectivity index (χ3n) is 6.84. The second-order valence-corrected chi connectivity index (χ2v) is 8.82. The topological polar surface area (TPSA) is 102 Å². The van der Waals surface area contributed by atoms with Crippen molar-refractivity contribution in [3.63, 3.8) is 0 Å². The van der Waals surface area contributed by atoms with E-state index in [-0.39, 0.29) is 18.7 Å². The number of amides is 4. The fraction of sp³-hybridized carbons (Fsp3) is 0.545. The van der Waals surface area contributed by atoms with E-state index in [9.17, 15) is 19.2 Å². The van der Waals surface area contributed by atoms with Crippen molar-refractivity contribution < 1.29 is 19.2 Å². The smallest absolute Gasteiger partial charge is 0.262 e. The number of benzene rings is 1. The zero-order chi connectivity index (χ0) is 21.5. The summed E-state index contributed by atoms with van der Waals surface area (Å²) in [4.78, 5) is 55.3. The standard InChI is InChI=1S/C22H27N5O4/c28-19-4-3-18(20(29)24-19)27-21(30)16-2-1-15(11-17(16)22(27)31)26-9-7-25(8-10-26)13-14-5-6-23-12-14/h1-2,11,14,18,23H,3-10,12-13H2,(H,24,28,29)/t14-,18?/m1/s1. The van der Waals surface area contributed by atoms with E-state index < -0.39 is 23.8 Å². The van der Waals surface area contributed by atoms with Gasteiger partial charge in [0.1, 0.15) is 6.04 Å². The number of nitrogens with one attached hydrogen (secondary N) is 2.